The Labute approximate surface area is 75.6 Å². The van der Waals surface area contributed by atoms with Crippen molar-refractivity contribution >= 4 is 0 Å². The molecule has 0 fully saturated rings. The Hall–Kier alpha value is -0.780. The summed E-state index contributed by atoms with van der Waals surface area (Å²) in [6.45, 7) is 8.95. The molecule has 0 heterocycles. The van der Waals surface area contributed by atoms with Crippen molar-refractivity contribution in [3.8, 4) is 0 Å². The fourth-order valence-corrected chi connectivity index (χ4v) is 1.25. The van der Waals surface area contributed by atoms with E-state index in [1.807, 2.05) is 0 Å². The van der Waals surface area contributed by atoms with E-state index in [2.05, 4.69) is 52.0 Å². The highest BCUT2D eigenvalue weighted by Gasteiger charge is 2.08. The van der Waals surface area contributed by atoms with Crippen LogP contribution in [0.4, 0.5) is 0 Å². The summed E-state index contributed by atoms with van der Waals surface area (Å²) in [6.07, 6.45) is 0. The molecular formula is C12H18. The van der Waals surface area contributed by atoms with Crippen LogP contribution in [0.1, 0.15) is 37.8 Å². The lowest BCUT2D eigenvalue weighted by molar-refractivity contribution is 0.535. The monoisotopic (exact) mass is 162 g/mol. The molecule has 66 valence electrons. The lowest BCUT2D eigenvalue weighted by Crippen LogP contribution is -2.01. The van der Waals surface area contributed by atoms with Crippen LogP contribution in [0.3, 0.4) is 0 Å². The second kappa shape index (κ2) is 3.75. The molecule has 0 aliphatic carbocycles. The summed E-state index contributed by atoms with van der Waals surface area (Å²) in [7, 11) is 0. The Morgan fingerprint density at radius 1 is 0.917 bits per heavy atom. The summed E-state index contributed by atoms with van der Waals surface area (Å²) < 4.78 is 0. The minimum Gasteiger partial charge on any atom is -0.0622 e. The van der Waals surface area contributed by atoms with Crippen LogP contribution in [0.15, 0.2) is 24.3 Å². The van der Waals surface area contributed by atoms with Gasteiger partial charge in [0, 0.05) is 0 Å². The van der Waals surface area contributed by atoms with Crippen molar-refractivity contribution in [2.45, 2.75) is 33.6 Å². The van der Waals surface area contributed by atoms with Crippen LogP contribution in [0.25, 0.3) is 0 Å². The second-order valence-corrected chi connectivity index (χ2v) is 3.94. The normalized spacial score (nSPS) is 13.4. The molecule has 0 aliphatic rings. The van der Waals surface area contributed by atoms with E-state index in [1.54, 1.807) is 0 Å². The number of hydrogen-bond donors (Lipinski definition) is 0. The Kier molecular flexibility index (Phi) is 2.91. The van der Waals surface area contributed by atoms with Gasteiger partial charge < -0.3 is 0 Å². The molecule has 0 heteroatoms. The van der Waals surface area contributed by atoms with Gasteiger partial charge >= 0.3 is 0 Å². The average molecular weight is 162 g/mol. The molecule has 0 amide bonds. The first-order valence-electron chi connectivity index (χ1n) is 4.68. The molecule has 0 aromatic heterocycles. The highest BCUT2D eigenvalue weighted by Crippen LogP contribution is 2.23. The molecule has 0 unspecified atom stereocenters. The summed E-state index contributed by atoms with van der Waals surface area (Å²) >= 11 is 0. The average Bonchev–Trinajstić information content (AvgIpc) is 2.04. The van der Waals surface area contributed by atoms with Crippen molar-refractivity contribution < 1.29 is 0 Å². The Bertz CT molecular complexity index is 231. The lowest BCUT2D eigenvalue weighted by atomic mass is 9.90. The van der Waals surface area contributed by atoms with Crippen LogP contribution < -0.4 is 0 Å². The van der Waals surface area contributed by atoms with Crippen molar-refractivity contribution in [2.24, 2.45) is 5.92 Å². The van der Waals surface area contributed by atoms with Crippen LogP contribution in [0, 0.1) is 12.8 Å². The predicted molar refractivity (Wildman–Crippen MR) is 54.4 cm³/mol. The first kappa shape index (κ1) is 9.31. The van der Waals surface area contributed by atoms with Gasteiger partial charge in [0.1, 0.15) is 0 Å². The van der Waals surface area contributed by atoms with Gasteiger partial charge in [-0.25, -0.2) is 0 Å². The quantitative estimate of drug-likeness (QED) is 0.621. The van der Waals surface area contributed by atoms with Gasteiger partial charge in [-0.05, 0) is 24.3 Å². The van der Waals surface area contributed by atoms with Gasteiger partial charge in [-0.1, -0.05) is 50.6 Å². The number of benzene rings is 1. The van der Waals surface area contributed by atoms with Gasteiger partial charge in [-0.3, -0.25) is 0 Å². The SMILES string of the molecule is Cc1ccc([C@@H](C)C(C)C)cc1. The van der Waals surface area contributed by atoms with E-state index in [4.69, 9.17) is 0 Å². The maximum absolute atomic E-state index is 2.29. The summed E-state index contributed by atoms with van der Waals surface area (Å²) in [5.74, 6) is 1.40. The molecule has 1 rings (SSSR count). The molecular weight excluding hydrogens is 144 g/mol. The molecule has 0 nitrogen and oxygen atoms in total. The fraction of sp³-hybridized carbons (Fsp3) is 0.500. The van der Waals surface area contributed by atoms with Crippen molar-refractivity contribution in [3.63, 3.8) is 0 Å². The van der Waals surface area contributed by atoms with E-state index < -0.39 is 0 Å². The van der Waals surface area contributed by atoms with Gasteiger partial charge in [0.15, 0.2) is 0 Å². The zero-order valence-corrected chi connectivity index (χ0v) is 8.46. The number of rotatable bonds is 2. The van der Waals surface area contributed by atoms with Crippen LogP contribution in [0.5, 0.6) is 0 Å². The Morgan fingerprint density at radius 3 is 1.83 bits per heavy atom. The second-order valence-electron chi connectivity index (χ2n) is 3.94. The predicted octanol–water partition coefficient (Wildman–Crippen LogP) is 3.75. The standard InChI is InChI=1S/C12H18/c1-9(2)11(4)12-7-5-10(3)6-8-12/h5-9,11H,1-4H3/t11-/m0/s1. The van der Waals surface area contributed by atoms with E-state index in [0.29, 0.717) is 5.92 Å². The number of aryl methyl sites for hydroxylation is 1. The molecule has 0 N–H and O–H groups in total. The van der Waals surface area contributed by atoms with Gasteiger partial charge in [0.05, 0.1) is 0 Å². The van der Waals surface area contributed by atoms with Crippen molar-refractivity contribution in [3.05, 3.63) is 35.4 Å². The molecule has 12 heavy (non-hydrogen) atoms. The minimum atomic E-state index is 0.672. The first-order valence-corrected chi connectivity index (χ1v) is 4.68. The van der Waals surface area contributed by atoms with E-state index in [-0.39, 0.29) is 0 Å². The zero-order chi connectivity index (χ0) is 9.14. The minimum absolute atomic E-state index is 0.672. The molecule has 0 saturated carbocycles. The van der Waals surface area contributed by atoms with E-state index >= 15 is 0 Å². The highest BCUT2D eigenvalue weighted by molar-refractivity contribution is 5.24. The van der Waals surface area contributed by atoms with Crippen molar-refractivity contribution in [2.75, 3.05) is 0 Å². The van der Waals surface area contributed by atoms with Gasteiger partial charge in [-0.2, -0.15) is 0 Å². The van der Waals surface area contributed by atoms with Crippen LogP contribution in [-0.2, 0) is 0 Å². The Balaban J connectivity index is 2.82. The molecule has 0 aliphatic heterocycles. The third-order valence-electron chi connectivity index (χ3n) is 2.60. The molecule has 1 aromatic carbocycles. The van der Waals surface area contributed by atoms with E-state index in [0.717, 1.165) is 5.92 Å². The summed E-state index contributed by atoms with van der Waals surface area (Å²) in [5, 5.41) is 0. The number of hydrogen-bond acceptors (Lipinski definition) is 0. The summed E-state index contributed by atoms with van der Waals surface area (Å²) in [6, 6.07) is 8.85. The first-order chi connectivity index (χ1) is 5.61. The van der Waals surface area contributed by atoms with Gasteiger partial charge in [-0.15, -0.1) is 0 Å². The molecule has 0 radical (unpaired) electrons. The topological polar surface area (TPSA) is 0 Å². The summed E-state index contributed by atoms with van der Waals surface area (Å²) in [5.41, 5.74) is 2.80. The van der Waals surface area contributed by atoms with Crippen LogP contribution in [-0.4, -0.2) is 0 Å². The third kappa shape index (κ3) is 2.10. The zero-order valence-electron chi connectivity index (χ0n) is 8.46. The van der Waals surface area contributed by atoms with E-state index in [1.165, 1.54) is 11.1 Å². The van der Waals surface area contributed by atoms with Crippen LogP contribution >= 0.6 is 0 Å². The van der Waals surface area contributed by atoms with Crippen molar-refractivity contribution in [1.29, 1.82) is 0 Å². The Morgan fingerprint density at radius 2 is 1.42 bits per heavy atom. The van der Waals surface area contributed by atoms with Crippen LogP contribution in [0.2, 0.25) is 0 Å². The highest BCUT2D eigenvalue weighted by atomic mass is 14.1. The fourth-order valence-electron chi connectivity index (χ4n) is 1.25. The van der Waals surface area contributed by atoms with Gasteiger partial charge in [0.2, 0.25) is 0 Å². The van der Waals surface area contributed by atoms with E-state index in [9.17, 15) is 0 Å². The molecule has 1 atom stereocenters. The molecule has 0 bridgehead atoms. The molecule has 0 saturated heterocycles. The largest absolute Gasteiger partial charge is 0.0622 e. The lowest BCUT2D eigenvalue weighted by Gasteiger charge is -2.15. The summed E-state index contributed by atoms with van der Waals surface area (Å²) in [4.78, 5) is 0. The maximum Gasteiger partial charge on any atom is -0.0167 e. The van der Waals surface area contributed by atoms with Gasteiger partial charge in [0.25, 0.3) is 0 Å². The smallest absolute Gasteiger partial charge is 0.0167 e. The molecule has 1 aromatic rings. The third-order valence-corrected chi connectivity index (χ3v) is 2.60. The maximum atomic E-state index is 2.29. The van der Waals surface area contributed by atoms with Crippen molar-refractivity contribution in [1.82, 2.24) is 0 Å². The molecule has 0 spiro atoms.